The Morgan fingerprint density at radius 2 is 1.84 bits per heavy atom. The van der Waals surface area contributed by atoms with Gasteiger partial charge >= 0.3 is 0 Å². The van der Waals surface area contributed by atoms with Crippen LogP contribution in [-0.4, -0.2) is 56.4 Å². The number of nitrogens with one attached hydrogen (secondary N) is 1. The Labute approximate surface area is 188 Å². The largest absolute Gasteiger partial charge is 0.493 e. The van der Waals surface area contributed by atoms with Crippen molar-refractivity contribution in [1.29, 1.82) is 0 Å². The van der Waals surface area contributed by atoms with Crippen LogP contribution in [0.15, 0.2) is 33.9 Å². The summed E-state index contributed by atoms with van der Waals surface area (Å²) in [5.41, 5.74) is 1.56. The molecule has 2 aromatic rings. The van der Waals surface area contributed by atoms with E-state index in [2.05, 4.69) is 5.32 Å². The maximum absolute atomic E-state index is 12.7. The van der Waals surface area contributed by atoms with Gasteiger partial charge in [0.2, 0.25) is 11.7 Å². The molecule has 0 bridgehead atoms. The third-order valence-electron chi connectivity index (χ3n) is 4.46. The van der Waals surface area contributed by atoms with E-state index < -0.39 is 5.91 Å². The summed E-state index contributed by atoms with van der Waals surface area (Å²) in [4.78, 5) is 38.4. The van der Waals surface area contributed by atoms with Crippen LogP contribution in [0.5, 0.6) is 17.2 Å². The average molecular weight is 463 g/mol. The van der Waals surface area contributed by atoms with E-state index in [-0.39, 0.29) is 35.6 Å². The number of thioether (sulfide) groups is 1. The minimum absolute atomic E-state index is 0.104. The zero-order valence-corrected chi connectivity index (χ0v) is 18.9. The first kappa shape index (κ1) is 22.7. The highest BCUT2D eigenvalue weighted by atomic mass is 32.2. The molecule has 1 aromatic carbocycles. The average Bonchev–Trinajstić information content (AvgIpc) is 3.36. The van der Waals surface area contributed by atoms with Crippen molar-refractivity contribution in [2.45, 2.75) is 6.42 Å². The third kappa shape index (κ3) is 5.39. The van der Waals surface area contributed by atoms with E-state index in [1.165, 1.54) is 32.7 Å². The van der Waals surface area contributed by atoms with Gasteiger partial charge in [0.1, 0.15) is 0 Å². The molecule has 0 aliphatic carbocycles. The molecular weight excluding hydrogens is 440 g/mol. The van der Waals surface area contributed by atoms with Crippen molar-refractivity contribution in [3.05, 3.63) is 45.0 Å². The first-order valence-corrected chi connectivity index (χ1v) is 11.1. The molecule has 0 spiro atoms. The highest BCUT2D eigenvalue weighted by molar-refractivity contribution is 8.18. The molecule has 8 nitrogen and oxygen atoms in total. The van der Waals surface area contributed by atoms with Crippen LogP contribution in [0, 0.1) is 0 Å². The fourth-order valence-electron chi connectivity index (χ4n) is 2.98. The quantitative estimate of drug-likeness (QED) is 0.572. The number of benzene rings is 1. The lowest BCUT2D eigenvalue weighted by Crippen LogP contribution is -2.37. The summed E-state index contributed by atoms with van der Waals surface area (Å²) in [7, 11) is 4.51. The zero-order chi connectivity index (χ0) is 22.4. The lowest BCUT2D eigenvalue weighted by Gasteiger charge is -2.13. The first-order chi connectivity index (χ1) is 15.0. The van der Waals surface area contributed by atoms with Crippen molar-refractivity contribution in [3.8, 4) is 17.2 Å². The van der Waals surface area contributed by atoms with Crippen molar-refractivity contribution in [3.63, 3.8) is 0 Å². The molecule has 0 atom stereocenters. The van der Waals surface area contributed by atoms with Gasteiger partial charge in [0.15, 0.2) is 11.5 Å². The number of carbonyl (C=O) groups excluding carboxylic acids is 3. The van der Waals surface area contributed by atoms with E-state index in [1.54, 1.807) is 18.2 Å². The Hall–Kier alpha value is -2.98. The van der Waals surface area contributed by atoms with Gasteiger partial charge in [0.25, 0.3) is 11.1 Å². The minimum Gasteiger partial charge on any atom is -0.493 e. The number of amides is 3. The van der Waals surface area contributed by atoms with Gasteiger partial charge in [-0.25, -0.2) is 0 Å². The molecule has 31 heavy (non-hydrogen) atoms. The normalized spacial score (nSPS) is 14.8. The van der Waals surface area contributed by atoms with Crippen LogP contribution < -0.4 is 19.5 Å². The monoisotopic (exact) mass is 462 g/mol. The second-order valence-electron chi connectivity index (χ2n) is 6.45. The van der Waals surface area contributed by atoms with Gasteiger partial charge in [0, 0.05) is 13.1 Å². The fraction of sp³-hybridized carbons (Fsp3) is 0.286. The number of thiophene rings is 1. The van der Waals surface area contributed by atoms with Crippen molar-refractivity contribution in [1.82, 2.24) is 10.2 Å². The van der Waals surface area contributed by atoms with E-state index in [1.807, 2.05) is 16.8 Å². The Morgan fingerprint density at radius 1 is 1.13 bits per heavy atom. The number of methoxy groups -OCH3 is 3. The summed E-state index contributed by atoms with van der Waals surface area (Å²) < 4.78 is 15.9. The van der Waals surface area contributed by atoms with E-state index >= 15 is 0 Å². The molecule has 0 unspecified atom stereocenters. The zero-order valence-electron chi connectivity index (χ0n) is 17.3. The highest BCUT2D eigenvalue weighted by Crippen LogP contribution is 2.40. The van der Waals surface area contributed by atoms with Crippen LogP contribution in [0.25, 0.3) is 6.08 Å². The maximum Gasteiger partial charge on any atom is 0.293 e. The second-order valence-corrected chi connectivity index (χ2v) is 8.22. The second kappa shape index (κ2) is 10.4. The topological polar surface area (TPSA) is 94.2 Å². The standard InChI is InChI=1S/C21H22N2O6S2/c1-27-15-8-14(9-16(28-2)19(15)29-3)10-17-20(25)23(21(26)31-17)6-5-22-18(24)11-13-4-7-30-12-13/h4,7-10,12H,5-6,11H2,1-3H3,(H,22,24)/b17-10+. The van der Waals surface area contributed by atoms with E-state index in [0.29, 0.717) is 22.8 Å². The molecule has 0 saturated carbocycles. The number of nitrogens with zero attached hydrogens (tertiary/aromatic N) is 1. The van der Waals surface area contributed by atoms with Gasteiger partial charge in [-0.05, 0) is 57.9 Å². The van der Waals surface area contributed by atoms with Crippen LogP contribution in [0.1, 0.15) is 11.1 Å². The van der Waals surface area contributed by atoms with Crippen LogP contribution in [0.3, 0.4) is 0 Å². The SMILES string of the molecule is COc1cc(/C=C2/SC(=O)N(CCNC(=O)Cc3ccsc3)C2=O)cc(OC)c1OC. The Bertz CT molecular complexity index is 978. The van der Waals surface area contributed by atoms with E-state index in [0.717, 1.165) is 22.2 Å². The van der Waals surface area contributed by atoms with Gasteiger partial charge in [-0.1, -0.05) is 0 Å². The Balaban J connectivity index is 1.65. The third-order valence-corrected chi connectivity index (χ3v) is 6.10. The predicted molar refractivity (Wildman–Crippen MR) is 120 cm³/mol. The molecule has 1 aliphatic heterocycles. The van der Waals surface area contributed by atoms with Crippen molar-refractivity contribution in [2.75, 3.05) is 34.4 Å². The number of imide groups is 1. The molecule has 2 heterocycles. The molecule has 1 aliphatic rings. The van der Waals surface area contributed by atoms with Gasteiger partial charge < -0.3 is 19.5 Å². The lowest BCUT2D eigenvalue weighted by molar-refractivity contribution is -0.124. The summed E-state index contributed by atoms with van der Waals surface area (Å²) in [5.74, 6) is 0.768. The summed E-state index contributed by atoms with van der Waals surface area (Å²) >= 11 is 2.37. The Morgan fingerprint density at radius 3 is 2.42 bits per heavy atom. The molecule has 1 N–H and O–H groups in total. The van der Waals surface area contributed by atoms with Crippen molar-refractivity contribution >= 4 is 46.2 Å². The smallest absolute Gasteiger partial charge is 0.293 e. The van der Waals surface area contributed by atoms with Gasteiger partial charge in [0.05, 0.1) is 32.7 Å². The van der Waals surface area contributed by atoms with E-state index in [9.17, 15) is 14.4 Å². The lowest BCUT2D eigenvalue weighted by atomic mass is 10.1. The van der Waals surface area contributed by atoms with Crippen LogP contribution in [0.2, 0.25) is 0 Å². The highest BCUT2D eigenvalue weighted by Gasteiger charge is 2.34. The van der Waals surface area contributed by atoms with Crippen LogP contribution in [0.4, 0.5) is 4.79 Å². The van der Waals surface area contributed by atoms with E-state index in [4.69, 9.17) is 14.2 Å². The maximum atomic E-state index is 12.7. The number of rotatable bonds is 9. The number of hydrogen-bond acceptors (Lipinski definition) is 8. The fourth-order valence-corrected chi connectivity index (χ4v) is 4.51. The van der Waals surface area contributed by atoms with Gasteiger partial charge in [-0.15, -0.1) is 0 Å². The summed E-state index contributed by atoms with van der Waals surface area (Å²) in [6, 6.07) is 5.27. The Kier molecular flexibility index (Phi) is 7.59. The van der Waals surface area contributed by atoms with Crippen molar-refractivity contribution < 1.29 is 28.6 Å². The molecule has 1 aromatic heterocycles. The number of ether oxygens (including phenoxy) is 3. The first-order valence-electron chi connectivity index (χ1n) is 9.30. The predicted octanol–water partition coefficient (Wildman–Crippen LogP) is 3.17. The molecule has 3 rings (SSSR count). The molecule has 164 valence electrons. The minimum atomic E-state index is -0.407. The molecule has 1 fully saturated rings. The summed E-state index contributed by atoms with van der Waals surface area (Å²) in [6.45, 7) is 0.297. The number of hydrogen-bond donors (Lipinski definition) is 1. The molecule has 3 amide bonds. The molecule has 0 radical (unpaired) electrons. The van der Waals surface area contributed by atoms with Crippen molar-refractivity contribution in [2.24, 2.45) is 0 Å². The van der Waals surface area contributed by atoms with Crippen LogP contribution >= 0.6 is 23.1 Å². The summed E-state index contributed by atoms with van der Waals surface area (Å²) in [5, 5.41) is 6.17. The number of carbonyl (C=O) groups is 3. The molecule has 10 heteroatoms. The molecular formula is C21H22N2O6S2. The van der Waals surface area contributed by atoms with Gasteiger partial charge in [-0.3, -0.25) is 19.3 Å². The summed E-state index contributed by atoms with van der Waals surface area (Å²) in [6.07, 6.45) is 1.87. The van der Waals surface area contributed by atoms with Gasteiger partial charge in [-0.2, -0.15) is 11.3 Å². The van der Waals surface area contributed by atoms with Crippen LogP contribution in [-0.2, 0) is 16.0 Å². The molecule has 1 saturated heterocycles.